The number of rotatable bonds is 5. The number of ether oxygens (including phenoxy) is 2. The maximum Gasteiger partial charge on any atom is 0.373 e. The molecule has 26 heavy (non-hydrogen) atoms. The van der Waals surface area contributed by atoms with E-state index in [0.717, 1.165) is 29.9 Å². The predicted molar refractivity (Wildman–Crippen MR) is 98.6 cm³/mol. The number of imidazole rings is 1. The Bertz CT molecular complexity index is 967. The van der Waals surface area contributed by atoms with Crippen LogP contribution in [0.25, 0.3) is 4.96 Å². The van der Waals surface area contributed by atoms with Gasteiger partial charge in [-0.05, 0) is 36.0 Å². The van der Waals surface area contributed by atoms with Crippen molar-refractivity contribution in [3.8, 4) is 11.5 Å². The van der Waals surface area contributed by atoms with Gasteiger partial charge in [-0.2, -0.15) is 9.38 Å². The Hall–Kier alpha value is -2.81. The summed E-state index contributed by atoms with van der Waals surface area (Å²) in [6, 6.07) is 5.59. The molecule has 1 aliphatic heterocycles. The molecule has 0 saturated carbocycles. The van der Waals surface area contributed by atoms with Gasteiger partial charge in [0.1, 0.15) is 17.7 Å². The van der Waals surface area contributed by atoms with Gasteiger partial charge in [0.15, 0.2) is 0 Å². The van der Waals surface area contributed by atoms with Gasteiger partial charge in [-0.25, -0.2) is 0 Å². The van der Waals surface area contributed by atoms with E-state index in [4.69, 9.17) is 9.47 Å². The van der Waals surface area contributed by atoms with E-state index in [9.17, 15) is 10.1 Å². The zero-order valence-electron chi connectivity index (χ0n) is 14.4. The maximum absolute atomic E-state index is 11.7. The highest BCUT2D eigenvalue weighted by Crippen LogP contribution is 2.44. The quantitative estimate of drug-likeness (QED) is 0.501. The smallest absolute Gasteiger partial charge is 0.373 e. The minimum Gasteiger partial charge on any atom is -0.497 e. The second-order valence-corrected chi connectivity index (χ2v) is 6.90. The molecule has 2 aromatic heterocycles. The number of benzene rings is 1. The van der Waals surface area contributed by atoms with Crippen molar-refractivity contribution in [3.05, 3.63) is 45.5 Å². The Balaban J connectivity index is 1.82. The van der Waals surface area contributed by atoms with E-state index in [1.807, 2.05) is 23.1 Å². The van der Waals surface area contributed by atoms with Crippen molar-refractivity contribution in [2.45, 2.75) is 18.9 Å². The fraction of sp³-hybridized carbons (Fsp3) is 0.353. The van der Waals surface area contributed by atoms with Crippen LogP contribution in [0.2, 0.25) is 0 Å². The highest BCUT2D eigenvalue weighted by atomic mass is 32.1. The van der Waals surface area contributed by atoms with Gasteiger partial charge >= 0.3 is 5.82 Å². The summed E-state index contributed by atoms with van der Waals surface area (Å²) in [6.07, 6.45) is 3.48. The number of thiazole rings is 1. The summed E-state index contributed by atoms with van der Waals surface area (Å²) in [5, 5.41) is 13.5. The zero-order valence-corrected chi connectivity index (χ0v) is 15.2. The van der Waals surface area contributed by atoms with E-state index < -0.39 is 0 Å². The second-order valence-electron chi connectivity index (χ2n) is 6.03. The first-order valence-electron chi connectivity index (χ1n) is 8.22. The number of methoxy groups -OCH3 is 2. The highest BCUT2D eigenvalue weighted by molar-refractivity contribution is 7.15. The summed E-state index contributed by atoms with van der Waals surface area (Å²) >= 11 is 1.39. The van der Waals surface area contributed by atoms with Gasteiger partial charge in [-0.1, -0.05) is 11.3 Å². The predicted octanol–water partition coefficient (Wildman–Crippen LogP) is 3.66. The van der Waals surface area contributed by atoms with Crippen LogP contribution in [0.1, 0.15) is 24.4 Å². The summed E-state index contributed by atoms with van der Waals surface area (Å²) in [5.74, 6) is 1.89. The first kappa shape index (κ1) is 16.6. The fourth-order valence-corrected chi connectivity index (χ4v) is 4.27. The fourth-order valence-electron chi connectivity index (χ4n) is 3.57. The maximum atomic E-state index is 11.7. The molecule has 0 radical (unpaired) electrons. The van der Waals surface area contributed by atoms with E-state index in [0.29, 0.717) is 17.3 Å². The molecule has 0 N–H and O–H groups in total. The molecular weight excluding hydrogens is 356 g/mol. The van der Waals surface area contributed by atoms with Gasteiger partial charge in [0.25, 0.3) is 4.96 Å². The molecule has 0 unspecified atom stereocenters. The highest BCUT2D eigenvalue weighted by Gasteiger charge is 2.36. The molecule has 1 atom stereocenters. The number of fused-ring (bicyclic) bond motifs is 1. The lowest BCUT2D eigenvalue weighted by Gasteiger charge is -2.26. The molecule has 1 saturated heterocycles. The standard InChI is InChI=1S/C17H18N4O4S/c1-24-11-5-6-14(25-2)12(10-11)13-4-3-7-19(13)15-16(21(22)23)20-8-9-26-17(20)18-15/h5-6,8-10,13H,3-4,7H2,1-2H3/t13-/m1/s1. The van der Waals surface area contributed by atoms with Gasteiger partial charge in [0.2, 0.25) is 5.82 Å². The Morgan fingerprint density at radius 1 is 1.35 bits per heavy atom. The molecular formula is C17H18N4O4S. The SMILES string of the molecule is COc1ccc(OC)c([C@H]2CCCN2c2nc3sccn3c2[N+](=O)[O-])c1. The Morgan fingerprint density at radius 2 is 2.19 bits per heavy atom. The molecule has 4 rings (SSSR count). The summed E-state index contributed by atoms with van der Waals surface area (Å²) in [5.41, 5.74) is 0.954. The number of aromatic nitrogens is 2. The third-order valence-corrected chi connectivity index (χ3v) is 5.47. The first-order chi connectivity index (χ1) is 12.6. The Morgan fingerprint density at radius 3 is 2.92 bits per heavy atom. The van der Waals surface area contributed by atoms with Crippen LogP contribution >= 0.6 is 11.3 Å². The molecule has 1 aliphatic rings. The number of nitro groups is 1. The van der Waals surface area contributed by atoms with Crippen molar-refractivity contribution in [2.24, 2.45) is 0 Å². The van der Waals surface area contributed by atoms with Crippen LogP contribution in [0.3, 0.4) is 0 Å². The molecule has 1 fully saturated rings. The lowest BCUT2D eigenvalue weighted by atomic mass is 10.0. The molecule has 9 heteroatoms. The van der Waals surface area contributed by atoms with Crippen LogP contribution in [0.15, 0.2) is 29.8 Å². The van der Waals surface area contributed by atoms with E-state index in [2.05, 4.69) is 4.98 Å². The van der Waals surface area contributed by atoms with Crippen molar-refractivity contribution < 1.29 is 14.4 Å². The molecule has 0 bridgehead atoms. The molecule has 136 valence electrons. The molecule has 3 heterocycles. The third kappa shape index (κ3) is 2.55. The first-order valence-corrected chi connectivity index (χ1v) is 9.10. The lowest BCUT2D eigenvalue weighted by molar-refractivity contribution is -0.389. The summed E-state index contributed by atoms with van der Waals surface area (Å²) < 4.78 is 12.4. The number of nitrogens with zero attached hydrogens (tertiary/aromatic N) is 4. The second kappa shape index (κ2) is 6.49. The number of anilines is 1. The van der Waals surface area contributed by atoms with E-state index in [-0.39, 0.29) is 16.8 Å². The summed E-state index contributed by atoms with van der Waals surface area (Å²) in [6.45, 7) is 0.705. The van der Waals surface area contributed by atoms with Crippen molar-refractivity contribution in [1.29, 1.82) is 0 Å². The van der Waals surface area contributed by atoms with Crippen molar-refractivity contribution in [2.75, 3.05) is 25.7 Å². The van der Waals surface area contributed by atoms with Gasteiger partial charge < -0.3 is 24.5 Å². The topological polar surface area (TPSA) is 82.1 Å². The van der Waals surface area contributed by atoms with Crippen LogP contribution in [0.4, 0.5) is 11.6 Å². The number of hydrogen-bond donors (Lipinski definition) is 0. The normalized spacial score (nSPS) is 17.0. The van der Waals surface area contributed by atoms with Crippen LogP contribution in [-0.4, -0.2) is 35.1 Å². The average molecular weight is 374 g/mol. The molecule has 0 aliphatic carbocycles. The van der Waals surface area contributed by atoms with E-state index in [1.54, 1.807) is 25.8 Å². The Kier molecular flexibility index (Phi) is 4.15. The van der Waals surface area contributed by atoms with Crippen LogP contribution in [0, 0.1) is 10.1 Å². The van der Waals surface area contributed by atoms with Gasteiger partial charge in [-0.15, -0.1) is 0 Å². The van der Waals surface area contributed by atoms with E-state index in [1.165, 1.54) is 15.7 Å². The molecule has 8 nitrogen and oxygen atoms in total. The largest absolute Gasteiger partial charge is 0.497 e. The molecule has 3 aromatic rings. The van der Waals surface area contributed by atoms with Crippen molar-refractivity contribution in [3.63, 3.8) is 0 Å². The Labute approximate surface area is 153 Å². The van der Waals surface area contributed by atoms with Crippen molar-refractivity contribution >= 4 is 27.9 Å². The minimum atomic E-state index is -0.361. The van der Waals surface area contributed by atoms with Gasteiger partial charge in [0, 0.05) is 17.5 Å². The van der Waals surface area contributed by atoms with Crippen LogP contribution in [0.5, 0.6) is 11.5 Å². The molecule has 0 spiro atoms. The van der Waals surface area contributed by atoms with E-state index >= 15 is 0 Å². The third-order valence-electron chi connectivity index (χ3n) is 4.71. The van der Waals surface area contributed by atoms with Crippen LogP contribution < -0.4 is 14.4 Å². The minimum absolute atomic E-state index is 0.00927. The van der Waals surface area contributed by atoms with Gasteiger partial charge in [0.05, 0.1) is 20.3 Å². The van der Waals surface area contributed by atoms with Crippen LogP contribution in [-0.2, 0) is 0 Å². The monoisotopic (exact) mass is 374 g/mol. The summed E-state index contributed by atoms with van der Waals surface area (Å²) in [7, 11) is 3.24. The molecule has 1 aromatic carbocycles. The van der Waals surface area contributed by atoms with Gasteiger partial charge in [-0.3, -0.25) is 0 Å². The molecule has 0 amide bonds. The summed E-state index contributed by atoms with van der Waals surface area (Å²) in [4.78, 5) is 18.5. The average Bonchev–Trinajstić information content (AvgIpc) is 3.35. The zero-order chi connectivity index (χ0) is 18.3. The lowest BCUT2D eigenvalue weighted by Crippen LogP contribution is -2.24. The number of hydrogen-bond acceptors (Lipinski definition) is 7. The van der Waals surface area contributed by atoms with Crippen molar-refractivity contribution in [1.82, 2.24) is 9.38 Å².